The molecule has 1 aromatic rings. The van der Waals surface area contributed by atoms with Crippen molar-refractivity contribution in [1.29, 1.82) is 0 Å². The van der Waals surface area contributed by atoms with Crippen LogP contribution in [0.3, 0.4) is 0 Å². The fraction of sp³-hybridized carbons (Fsp3) is 0.385. The molecule has 0 saturated carbocycles. The van der Waals surface area contributed by atoms with Crippen molar-refractivity contribution in [3.05, 3.63) is 42.0 Å². The number of aryl methyl sites for hydroxylation is 1. The quantitative estimate of drug-likeness (QED) is 0.750. The largest absolute Gasteiger partial charge is 0.243 e. The van der Waals surface area contributed by atoms with Gasteiger partial charge in [-0.05, 0) is 30.9 Å². The molecule has 4 heteroatoms. The zero-order valence-corrected chi connectivity index (χ0v) is 10.5. The lowest BCUT2D eigenvalue weighted by atomic mass is 9.86. The lowest BCUT2D eigenvalue weighted by molar-refractivity contribution is 0.470. The van der Waals surface area contributed by atoms with Crippen molar-refractivity contribution in [3.8, 4) is 0 Å². The van der Waals surface area contributed by atoms with Crippen molar-refractivity contribution in [2.45, 2.75) is 11.8 Å². The Morgan fingerprint density at radius 1 is 1.06 bits per heavy atom. The Kier molecular flexibility index (Phi) is 2.38. The molecule has 2 aliphatic rings. The van der Waals surface area contributed by atoms with E-state index in [1.165, 1.54) is 0 Å². The van der Waals surface area contributed by atoms with Crippen LogP contribution in [0.1, 0.15) is 5.56 Å². The van der Waals surface area contributed by atoms with Gasteiger partial charge >= 0.3 is 0 Å². The van der Waals surface area contributed by atoms with Crippen LogP contribution in [-0.2, 0) is 10.0 Å². The van der Waals surface area contributed by atoms with Gasteiger partial charge in [-0.1, -0.05) is 29.8 Å². The maximum absolute atomic E-state index is 12.4. The molecule has 0 aromatic heterocycles. The van der Waals surface area contributed by atoms with Crippen molar-refractivity contribution in [1.82, 2.24) is 4.31 Å². The highest BCUT2D eigenvalue weighted by molar-refractivity contribution is 7.89. The number of fused-ring (bicyclic) bond motifs is 1. The number of rotatable bonds is 2. The van der Waals surface area contributed by atoms with E-state index in [9.17, 15) is 8.42 Å². The van der Waals surface area contributed by atoms with Crippen LogP contribution in [0.4, 0.5) is 0 Å². The van der Waals surface area contributed by atoms with Crippen LogP contribution in [0, 0.1) is 18.8 Å². The number of hydrogen-bond acceptors (Lipinski definition) is 2. The standard InChI is InChI=1S/C13H15NO2S/c1-10-2-6-13(7-3-10)17(15,16)14-8-11-4-5-12(11)9-14/h2-7,11-12H,8-9H2,1H3/t11-,12+. The Labute approximate surface area is 102 Å². The molecule has 1 aliphatic carbocycles. The summed E-state index contributed by atoms with van der Waals surface area (Å²) in [6, 6.07) is 7.07. The highest BCUT2D eigenvalue weighted by Crippen LogP contribution is 2.36. The zero-order valence-electron chi connectivity index (χ0n) is 9.70. The minimum Gasteiger partial charge on any atom is -0.207 e. The van der Waals surface area contributed by atoms with Crippen LogP contribution >= 0.6 is 0 Å². The third kappa shape index (κ3) is 1.72. The van der Waals surface area contributed by atoms with Gasteiger partial charge < -0.3 is 0 Å². The molecule has 2 atom stereocenters. The predicted octanol–water partition coefficient (Wildman–Crippen LogP) is 1.80. The Morgan fingerprint density at radius 3 is 2.06 bits per heavy atom. The molecular weight excluding hydrogens is 234 g/mol. The van der Waals surface area contributed by atoms with E-state index in [0.29, 0.717) is 29.8 Å². The summed E-state index contributed by atoms with van der Waals surface area (Å²) in [5, 5.41) is 0. The van der Waals surface area contributed by atoms with E-state index >= 15 is 0 Å². The second kappa shape index (κ2) is 3.68. The SMILES string of the molecule is Cc1ccc(S(=O)(=O)N2C[C@H]3C=C[C@H]3C2)cc1. The normalized spacial score (nSPS) is 27.8. The molecule has 1 fully saturated rings. The van der Waals surface area contributed by atoms with Gasteiger partial charge in [0, 0.05) is 13.1 Å². The third-order valence-corrected chi connectivity index (χ3v) is 5.49. The first kappa shape index (κ1) is 11.0. The van der Waals surface area contributed by atoms with Crippen molar-refractivity contribution in [2.75, 3.05) is 13.1 Å². The fourth-order valence-electron chi connectivity index (χ4n) is 2.42. The second-order valence-corrected chi connectivity index (χ2v) is 6.79. The summed E-state index contributed by atoms with van der Waals surface area (Å²) < 4.78 is 26.3. The molecule has 3 rings (SSSR count). The minimum absolute atomic E-state index is 0.407. The van der Waals surface area contributed by atoms with Gasteiger partial charge in [-0.15, -0.1) is 0 Å². The molecule has 0 N–H and O–H groups in total. The van der Waals surface area contributed by atoms with E-state index in [2.05, 4.69) is 12.2 Å². The molecule has 0 unspecified atom stereocenters. The van der Waals surface area contributed by atoms with Crippen molar-refractivity contribution < 1.29 is 8.42 Å². The Bertz CT molecular complexity index is 546. The second-order valence-electron chi connectivity index (χ2n) is 4.85. The summed E-state index contributed by atoms with van der Waals surface area (Å²) in [4.78, 5) is 0.407. The fourth-order valence-corrected chi connectivity index (χ4v) is 3.93. The van der Waals surface area contributed by atoms with E-state index in [4.69, 9.17) is 0 Å². The molecule has 0 radical (unpaired) electrons. The van der Waals surface area contributed by atoms with Crippen LogP contribution in [-0.4, -0.2) is 25.8 Å². The lowest BCUT2D eigenvalue weighted by Crippen LogP contribution is -2.28. The Morgan fingerprint density at radius 2 is 1.59 bits per heavy atom. The van der Waals surface area contributed by atoms with Gasteiger partial charge in [0.1, 0.15) is 0 Å². The molecular formula is C13H15NO2S. The van der Waals surface area contributed by atoms with Crippen LogP contribution in [0.25, 0.3) is 0 Å². The van der Waals surface area contributed by atoms with Crippen LogP contribution < -0.4 is 0 Å². The van der Waals surface area contributed by atoms with Crippen molar-refractivity contribution >= 4 is 10.0 Å². The number of nitrogens with zero attached hydrogens (tertiary/aromatic N) is 1. The Balaban J connectivity index is 1.89. The zero-order chi connectivity index (χ0) is 12.0. The van der Waals surface area contributed by atoms with Gasteiger partial charge in [-0.3, -0.25) is 0 Å². The summed E-state index contributed by atoms with van der Waals surface area (Å²) in [7, 11) is -3.29. The molecule has 1 saturated heterocycles. The molecule has 0 spiro atoms. The maximum Gasteiger partial charge on any atom is 0.243 e. The van der Waals surface area contributed by atoms with Gasteiger partial charge in [0.25, 0.3) is 0 Å². The van der Waals surface area contributed by atoms with Crippen LogP contribution in [0.15, 0.2) is 41.3 Å². The summed E-state index contributed by atoms with van der Waals surface area (Å²) in [6.45, 7) is 3.23. The van der Waals surface area contributed by atoms with E-state index in [1.807, 2.05) is 19.1 Å². The minimum atomic E-state index is -3.29. The van der Waals surface area contributed by atoms with E-state index < -0.39 is 10.0 Å². The molecule has 1 aromatic carbocycles. The molecule has 3 nitrogen and oxygen atoms in total. The van der Waals surface area contributed by atoms with Gasteiger partial charge in [0.05, 0.1) is 4.90 Å². The lowest BCUT2D eigenvalue weighted by Gasteiger charge is -2.18. The molecule has 0 bridgehead atoms. The smallest absolute Gasteiger partial charge is 0.207 e. The van der Waals surface area contributed by atoms with E-state index in [1.54, 1.807) is 16.4 Å². The van der Waals surface area contributed by atoms with Gasteiger partial charge in [0.15, 0.2) is 0 Å². The third-order valence-electron chi connectivity index (χ3n) is 3.64. The first-order valence-corrected chi connectivity index (χ1v) is 7.26. The Hall–Kier alpha value is -1.13. The summed E-state index contributed by atoms with van der Waals surface area (Å²) in [6.07, 6.45) is 4.21. The summed E-state index contributed by atoms with van der Waals surface area (Å²) in [5.41, 5.74) is 1.08. The number of hydrogen-bond donors (Lipinski definition) is 0. The van der Waals surface area contributed by atoms with Gasteiger partial charge in [-0.2, -0.15) is 4.31 Å². The van der Waals surface area contributed by atoms with Gasteiger partial charge in [0.2, 0.25) is 10.0 Å². The average molecular weight is 249 g/mol. The summed E-state index contributed by atoms with van der Waals surface area (Å²) >= 11 is 0. The van der Waals surface area contributed by atoms with Crippen LogP contribution in [0.2, 0.25) is 0 Å². The number of sulfonamides is 1. The monoisotopic (exact) mass is 249 g/mol. The predicted molar refractivity (Wildman–Crippen MR) is 66.1 cm³/mol. The highest BCUT2D eigenvalue weighted by atomic mass is 32.2. The number of benzene rings is 1. The van der Waals surface area contributed by atoms with E-state index in [0.717, 1.165) is 5.56 Å². The van der Waals surface area contributed by atoms with Gasteiger partial charge in [-0.25, -0.2) is 8.42 Å². The molecule has 1 aliphatic heterocycles. The molecule has 17 heavy (non-hydrogen) atoms. The molecule has 90 valence electrons. The average Bonchev–Trinajstić information content (AvgIpc) is 2.56. The first-order valence-electron chi connectivity index (χ1n) is 5.82. The molecule has 1 heterocycles. The topological polar surface area (TPSA) is 37.4 Å². The van der Waals surface area contributed by atoms with Crippen LogP contribution in [0.5, 0.6) is 0 Å². The van der Waals surface area contributed by atoms with Crippen molar-refractivity contribution in [2.24, 2.45) is 11.8 Å². The first-order chi connectivity index (χ1) is 8.07. The maximum atomic E-state index is 12.4. The van der Waals surface area contributed by atoms with E-state index in [-0.39, 0.29) is 0 Å². The summed E-state index contributed by atoms with van der Waals surface area (Å²) in [5.74, 6) is 0.880. The van der Waals surface area contributed by atoms with Crippen molar-refractivity contribution in [3.63, 3.8) is 0 Å². The highest BCUT2D eigenvalue weighted by Gasteiger charge is 2.40. The molecule has 0 amide bonds.